The molecule has 1 aromatic carbocycles. The molecule has 2 aliphatic carbocycles. The predicted molar refractivity (Wildman–Crippen MR) is 106 cm³/mol. The molecule has 3 aliphatic rings. The van der Waals surface area contributed by atoms with Crippen molar-refractivity contribution in [3.8, 4) is 0 Å². The molecule has 4 rings (SSSR count). The number of nitrogens with zero attached hydrogens (tertiary/aromatic N) is 1. The van der Waals surface area contributed by atoms with E-state index in [1.54, 1.807) is 19.1 Å². The summed E-state index contributed by atoms with van der Waals surface area (Å²) >= 11 is 0. The number of piperidine rings is 1. The second kappa shape index (κ2) is 7.46. The minimum Gasteiger partial charge on any atom is -0.371 e. The van der Waals surface area contributed by atoms with E-state index in [1.165, 1.54) is 19.3 Å². The molecule has 148 valence electrons. The van der Waals surface area contributed by atoms with Gasteiger partial charge in [-0.3, -0.25) is 4.79 Å². The fourth-order valence-corrected chi connectivity index (χ4v) is 6.07. The molecule has 0 radical (unpaired) electrons. The number of fused-ring (bicyclic) bond motifs is 2. The van der Waals surface area contributed by atoms with E-state index in [0.29, 0.717) is 10.8 Å². The number of carbonyl (C=O) groups is 1. The average Bonchev–Trinajstić information content (AvgIpc) is 3.32. The van der Waals surface area contributed by atoms with Crippen molar-refractivity contribution in [2.24, 2.45) is 17.8 Å². The van der Waals surface area contributed by atoms with Crippen molar-refractivity contribution in [2.75, 3.05) is 23.7 Å². The Kier molecular flexibility index (Phi) is 5.19. The summed E-state index contributed by atoms with van der Waals surface area (Å²) in [5, 5.41) is 3.31. The van der Waals surface area contributed by atoms with Crippen LogP contribution in [0.4, 0.5) is 5.69 Å². The maximum Gasteiger partial charge on any atom is 0.223 e. The first-order valence-corrected chi connectivity index (χ1v) is 12.0. The van der Waals surface area contributed by atoms with Gasteiger partial charge >= 0.3 is 0 Å². The molecule has 1 heterocycles. The standard InChI is InChI=1S/C21H30N2O3S/c1-2-27(25,26)19-7-5-18(6-8-19)23-11-9-17(10-12-23)22-21(24)20-14-15-3-4-16(20)13-15/h5-8,15-17,20H,2-4,9-14H2,1H3,(H,22,24). The lowest BCUT2D eigenvalue weighted by atomic mass is 9.87. The van der Waals surface area contributed by atoms with Crippen molar-refractivity contribution in [3.05, 3.63) is 24.3 Å². The lowest BCUT2D eigenvalue weighted by Crippen LogP contribution is -2.47. The summed E-state index contributed by atoms with van der Waals surface area (Å²) in [6.45, 7) is 3.45. The summed E-state index contributed by atoms with van der Waals surface area (Å²) in [6, 6.07) is 7.48. The molecule has 0 spiro atoms. The normalized spacial score (nSPS) is 28.5. The predicted octanol–water partition coefficient (Wildman–Crippen LogP) is 3.00. The largest absolute Gasteiger partial charge is 0.371 e. The lowest BCUT2D eigenvalue weighted by Gasteiger charge is -2.35. The van der Waals surface area contributed by atoms with Crippen LogP contribution in [0.5, 0.6) is 0 Å². The van der Waals surface area contributed by atoms with E-state index in [9.17, 15) is 13.2 Å². The van der Waals surface area contributed by atoms with Gasteiger partial charge in [0, 0.05) is 30.7 Å². The second-order valence-corrected chi connectivity index (χ2v) is 10.7. The highest BCUT2D eigenvalue weighted by atomic mass is 32.2. The fraction of sp³-hybridized carbons (Fsp3) is 0.667. The van der Waals surface area contributed by atoms with Gasteiger partial charge < -0.3 is 10.2 Å². The molecule has 27 heavy (non-hydrogen) atoms. The van der Waals surface area contributed by atoms with Crippen LogP contribution in [0.1, 0.15) is 45.4 Å². The van der Waals surface area contributed by atoms with Crippen molar-refractivity contribution in [1.29, 1.82) is 0 Å². The van der Waals surface area contributed by atoms with Gasteiger partial charge in [-0.1, -0.05) is 13.3 Å². The molecule has 5 nitrogen and oxygen atoms in total. The van der Waals surface area contributed by atoms with Crippen LogP contribution in [0.2, 0.25) is 0 Å². The molecule has 1 N–H and O–H groups in total. The summed E-state index contributed by atoms with van der Waals surface area (Å²) in [6.07, 6.45) is 6.82. The van der Waals surface area contributed by atoms with E-state index in [1.807, 2.05) is 12.1 Å². The van der Waals surface area contributed by atoms with Gasteiger partial charge in [0.05, 0.1) is 10.6 Å². The molecule has 1 saturated heterocycles. The Morgan fingerprint density at radius 1 is 1.07 bits per heavy atom. The molecule has 3 atom stereocenters. The van der Waals surface area contributed by atoms with Crippen LogP contribution in [0.25, 0.3) is 0 Å². The van der Waals surface area contributed by atoms with Crippen LogP contribution in [-0.2, 0) is 14.6 Å². The third-order valence-corrected chi connectivity index (χ3v) is 8.61. The lowest BCUT2D eigenvalue weighted by molar-refractivity contribution is -0.127. The zero-order valence-electron chi connectivity index (χ0n) is 16.1. The molecule has 1 amide bonds. The molecule has 6 heteroatoms. The number of rotatable bonds is 5. The maximum atomic E-state index is 12.6. The third-order valence-electron chi connectivity index (χ3n) is 6.86. The summed E-state index contributed by atoms with van der Waals surface area (Å²) in [5.74, 6) is 2.10. The Morgan fingerprint density at radius 2 is 1.78 bits per heavy atom. The number of hydrogen-bond donors (Lipinski definition) is 1. The topological polar surface area (TPSA) is 66.5 Å². The SMILES string of the molecule is CCS(=O)(=O)c1ccc(N2CCC(NC(=O)C3CC4CCC3C4)CC2)cc1. The molecule has 2 bridgehead atoms. The molecule has 1 aromatic rings. The van der Waals surface area contributed by atoms with E-state index in [-0.39, 0.29) is 23.6 Å². The van der Waals surface area contributed by atoms with E-state index < -0.39 is 9.84 Å². The van der Waals surface area contributed by atoms with Gasteiger partial charge in [0.25, 0.3) is 0 Å². The molecule has 3 unspecified atom stereocenters. The average molecular weight is 391 g/mol. The van der Waals surface area contributed by atoms with Gasteiger partial charge in [-0.15, -0.1) is 0 Å². The van der Waals surface area contributed by atoms with Crippen LogP contribution < -0.4 is 10.2 Å². The highest BCUT2D eigenvalue weighted by Crippen LogP contribution is 2.48. The maximum absolute atomic E-state index is 12.6. The zero-order valence-corrected chi connectivity index (χ0v) is 16.9. The summed E-state index contributed by atoms with van der Waals surface area (Å²) in [7, 11) is -3.15. The molecular weight excluding hydrogens is 360 g/mol. The highest BCUT2D eigenvalue weighted by Gasteiger charge is 2.43. The van der Waals surface area contributed by atoms with Crippen LogP contribution in [0.15, 0.2) is 29.2 Å². The van der Waals surface area contributed by atoms with Gasteiger partial charge in [-0.05, 0) is 68.2 Å². The van der Waals surface area contributed by atoms with Gasteiger partial charge in [0.1, 0.15) is 0 Å². The van der Waals surface area contributed by atoms with Crippen molar-refractivity contribution >= 4 is 21.4 Å². The van der Waals surface area contributed by atoms with Gasteiger partial charge in [0.15, 0.2) is 9.84 Å². The first-order chi connectivity index (χ1) is 13.0. The molecule has 3 fully saturated rings. The van der Waals surface area contributed by atoms with E-state index in [2.05, 4.69) is 10.2 Å². The number of amides is 1. The van der Waals surface area contributed by atoms with Gasteiger partial charge in [-0.25, -0.2) is 8.42 Å². The van der Waals surface area contributed by atoms with Crippen LogP contribution in [0.3, 0.4) is 0 Å². The molecule has 1 aliphatic heterocycles. The van der Waals surface area contributed by atoms with Crippen molar-refractivity contribution in [2.45, 2.75) is 56.4 Å². The number of anilines is 1. The Balaban J connectivity index is 1.29. The number of benzene rings is 1. The van der Waals surface area contributed by atoms with E-state index >= 15 is 0 Å². The minimum atomic E-state index is -3.15. The Hall–Kier alpha value is -1.56. The monoisotopic (exact) mass is 390 g/mol. The second-order valence-electron chi connectivity index (χ2n) is 8.45. The Morgan fingerprint density at radius 3 is 2.33 bits per heavy atom. The van der Waals surface area contributed by atoms with E-state index in [0.717, 1.165) is 44.0 Å². The summed E-state index contributed by atoms with van der Waals surface area (Å²) in [5.41, 5.74) is 1.06. The Labute approximate surface area is 162 Å². The number of nitrogens with one attached hydrogen (secondary N) is 1. The quantitative estimate of drug-likeness (QED) is 0.839. The van der Waals surface area contributed by atoms with Crippen molar-refractivity contribution in [3.63, 3.8) is 0 Å². The fourth-order valence-electron chi connectivity index (χ4n) is 5.19. The number of carbonyl (C=O) groups excluding carboxylic acids is 1. The summed E-state index contributed by atoms with van der Waals surface area (Å²) < 4.78 is 23.9. The number of hydrogen-bond acceptors (Lipinski definition) is 4. The Bertz CT molecular complexity index is 782. The van der Waals surface area contributed by atoms with Crippen LogP contribution >= 0.6 is 0 Å². The van der Waals surface area contributed by atoms with Crippen molar-refractivity contribution < 1.29 is 13.2 Å². The first kappa shape index (κ1) is 18.8. The first-order valence-electron chi connectivity index (χ1n) is 10.3. The zero-order chi connectivity index (χ0) is 19.0. The molecular formula is C21H30N2O3S. The molecule has 2 saturated carbocycles. The van der Waals surface area contributed by atoms with E-state index in [4.69, 9.17) is 0 Å². The van der Waals surface area contributed by atoms with Gasteiger partial charge in [-0.2, -0.15) is 0 Å². The molecule has 0 aromatic heterocycles. The summed E-state index contributed by atoms with van der Waals surface area (Å²) in [4.78, 5) is 15.3. The minimum absolute atomic E-state index is 0.125. The van der Waals surface area contributed by atoms with Gasteiger partial charge in [0.2, 0.25) is 5.91 Å². The van der Waals surface area contributed by atoms with Crippen molar-refractivity contribution in [1.82, 2.24) is 5.32 Å². The number of sulfone groups is 1. The third kappa shape index (κ3) is 3.86. The van der Waals surface area contributed by atoms with Crippen LogP contribution in [-0.4, -0.2) is 39.2 Å². The highest BCUT2D eigenvalue weighted by molar-refractivity contribution is 7.91. The smallest absolute Gasteiger partial charge is 0.223 e. The van der Waals surface area contributed by atoms with Crippen LogP contribution in [0, 0.1) is 17.8 Å².